The van der Waals surface area contributed by atoms with Crippen LogP contribution < -0.4 is 4.90 Å². The van der Waals surface area contributed by atoms with Gasteiger partial charge in [0.1, 0.15) is 5.15 Å². The molecular formula is C12H10ClN3. The number of nitrogens with zero attached hydrogens (tertiary/aromatic N) is 3. The molecule has 3 nitrogen and oxygen atoms in total. The van der Waals surface area contributed by atoms with Crippen LogP contribution in [0.5, 0.6) is 0 Å². The van der Waals surface area contributed by atoms with Crippen LogP contribution in [0.3, 0.4) is 0 Å². The predicted octanol–water partition coefficient (Wildman–Crippen LogP) is 2.82. The van der Waals surface area contributed by atoms with Crippen molar-refractivity contribution in [2.75, 3.05) is 11.4 Å². The fraction of sp³-hybridized carbons (Fsp3) is 0.167. The van der Waals surface area contributed by atoms with Gasteiger partial charge in [-0.1, -0.05) is 29.8 Å². The standard InChI is InChI=1S/C12H10ClN3/c13-11-7-14-8-12(15-11)16-6-5-9-3-1-2-4-10(9)16/h1-4,7-8H,5-6H2. The number of para-hydroxylation sites is 1. The lowest BCUT2D eigenvalue weighted by atomic mass is 10.2. The van der Waals surface area contributed by atoms with Crippen LogP contribution in [0.15, 0.2) is 36.7 Å². The summed E-state index contributed by atoms with van der Waals surface area (Å²) in [5.74, 6) is 0.817. The number of rotatable bonds is 1. The Morgan fingerprint density at radius 2 is 2.06 bits per heavy atom. The average molecular weight is 232 g/mol. The Labute approximate surface area is 98.7 Å². The van der Waals surface area contributed by atoms with Gasteiger partial charge in [-0.15, -0.1) is 0 Å². The van der Waals surface area contributed by atoms with Crippen molar-refractivity contribution < 1.29 is 0 Å². The Kier molecular flexibility index (Phi) is 2.26. The molecule has 2 aromatic rings. The Bertz CT molecular complexity index is 527. The van der Waals surface area contributed by atoms with Crippen molar-refractivity contribution in [3.63, 3.8) is 0 Å². The molecule has 0 bridgehead atoms. The minimum Gasteiger partial charge on any atom is -0.324 e. The SMILES string of the molecule is Clc1cncc(N2CCc3ccccc32)n1. The third kappa shape index (κ3) is 1.53. The van der Waals surface area contributed by atoms with Crippen molar-refractivity contribution in [3.8, 4) is 0 Å². The van der Waals surface area contributed by atoms with Gasteiger partial charge in [0.05, 0.1) is 12.4 Å². The van der Waals surface area contributed by atoms with Gasteiger partial charge in [0.2, 0.25) is 0 Å². The second-order valence-electron chi connectivity index (χ2n) is 3.73. The summed E-state index contributed by atoms with van der Waals surface area (Å²) in [7, 11) is 0. The number of halogens is 1. The Morgan fingerprint density at radius 3 is 2.94 bits per heavy atom. The summed E-state index contributed by atoms with van der Waals surface area (Å²) >= 11 is 5.85. The molecular weight excluding hydrogens is 222 g/mol. The molecule has 0 atom stereocenters. The summed E-state index contributed by atoms with van der Waals surface area (Å²) in [6.45, 7) is 0.939. The van der Waals surface area contributed by atoms with Gasteiger partial charge < -0.3 is 4.90 Å². The quantitative estimate of drug-likeness (QED) is 0.756. The summed E-state index contributed by atoms with van der Waals surface area (Å²) in [4.78, 5) is 10.5. The van der Waals surface area contributed by atoms with E-state index in [0.29, 0.717) is 5.15 Å². The lowest BCUT2D eigenvalue weighted by Gasteiger charge is -2.17. The first-order valence-corrected chi connectivity index (χ1v) is 5.55. The molecule has 3 rings (SSSR count). The summed E-state index contributed by atoms with van der Waals surface area (Å²) < 4.78 is 0. The molecule has 16 heavy (non-hydrogen) atoms. The molecule has 1 aliphatic rings. The van der Waals surface area contributed by atoms with Crippen LogP contribution in [0.2, 0.25) is 5.15 Å². The number of aromatic nitrogens is 2. The summed E-state index contributed by atoms with van der Waals surface area (Å²) in [5, 5.41) is 0.432. The molecule has 0 unspecified atom stereocenters. The highest BCUT2D eigenvalue weighted by atomic mass is 35.5. The van der Waals surface area contributed by atoms with Crippen LogP contribution in [-0.4, -0.2) is 16.5 Å². The van der Waals surface area contributed by atoms with Crippen molar-refractivity contribution in [3.05, 3.63) is 47.4 Å². The van der Waals surface area contributed by atoms with Gasteiger partial charge in [-0.3, -0.25) is 4.98 Å². The lowest BCUT2D eigenvalue weighted by molar-refractivity contribution is 0.964. The zero-order valence-corrected chi connectivity index (χ0v) is 9.35. The van der Waals surface area contributed by atoms with E-state index in [1.807, 2.05) is 6.07 Å². The fourth-order valence-electron chi connectivity index (χ4n) is 2.04. The molecule has 80 valence electrons. The molecule has 2 heterocycles. The van der Waals surface area contributed by atoms with Crippen molar-refractivity contribution in [1.29, 1.82) is 0 Å². The average Bonchev–Trinajstić information content (AvgIpc) is 2.72. The van der Waals surface area contributed by atoms with Crippen LogP contribution in [-0.2, 0) is 6.42 Å². The fourth-order valence-corrected chi connectivity index (χ4v) is 2.18. The minimum absolute atomic E-state index is 0.432. The normalized spacial score (nSPS) is 13.9. The molecule has 0 amide bonds. The predicted molar refractivity (Wildman–Crippen MR) is 64.2 cm³/mol. The van der Waals surface area contributed by atoms with Crippen molar-refractivity contribution in [1.82, 2.24) is 9.97 Å². The zero-order valence-electron chi connectivity index (χ0n) is 8.60. The zero-order chi connectivity index (χ0) is 11.0. The number of benzene rings is 1. The third-order valence-corrected chi connectivity index (χ3v) is 2.94. The van der Waals surface area contributed by atoms with E-state index in [2.05, 4.69) is 33.1 Å². The van der Waals surface area contributed by atoms with E-state index in [1.54, 1.807) is 12.4 Å². The van der Waals surface area contributed by atoms with Gasteiger partial charge >= 0.3 is 0 Å². The smallest absolute Gasteiger partial charge is 0.153 e. The minimum atomic E-state index is 0.432. The Morgan fingerprint density at radius 1 is 1.19 bits per heavy atom. The van der Waals surface area contributed by atoms with Gasteiger partial charge in [0.25, 0.3) is 0 Å². The summed E-state index contributed by atoms with van der Waals surface area (Å²) in [5.41, 5.74) is 2.56. The second kappa shape index (κ2) is 3.76. The highest BCUT2D eigenvalue weighted by Gasteiger charge is 2.20. The van der Waals surface area contributed by atoms with E-state index in [9.17, 15) is 0 Å². The van der Waals surface area contributed by atoms with Crippen LogP contribution in [0.1, 0.15) is 5.56 Å². The van der Waals surface area contributed by atoms with Crippen molar-refractivity contribution in [2.45, 2.75) is 6.42 Å². The number of hydrogen-bond acceptors (Lipinski definition) is 3. The van der Waals surface area contributed by atoms with Crippen molar-refractivity contribution in [2.24, 2.45) is 0 Å². The molecule has 0 saturated heterocycles. The van der Waals surface area contributed by atoms with E-state index < -0.39 is 0 Å². The van der Waals surface area contributed by atoms with Gasteiger partial charge in [-0.05, 0) is 18.1 Å². The van der Waals surface area contributed by atoms with Crippen molar-refractivity contribution >= 4 is 23.1 Å². The lowest BCUT2D eigenvalue weighted by Crippen LogP contribution is -2.14. The maximum atomic E-state index is 5.85. The molecule has 0 saturated carbocycles. The first-order chi connectivity index (χ1) is 7.84. The van der Waals surface area contributed by atoms with Crippen LogP contribution in [0, 0.1) is 0 Å². The molecule has 0 spiro atoms. The van der Waals surface area contributed by atoms with Gasteiger partial charge in [-0.25, -0.2) is 4.98 Å². The molecule has 1 aliphatic heterocycles. The van der Waals surface area contributed by atoms with Crippen LogP contribution in [0.25, 0.3) is 0 Å². The summed E-state index contributed by atoms with van der Waals surface area (Å²) in [6, 6.07) is 8.35. The molecule has 0 N–H and O–H groups in total. The number of fused-ring (bicyclic) bond motifs is 1. The molecule has 1 aromatic heterocycles. The first kappa shape index (κ1) is 9.60. The highest BCUT2D eigenvalue weighted by molar-refractivity contribution is 6.29. The first-order valence-electron chi connectivity index (χ1n) is 5.17. The maximum absolute atomic E-state index is 5.85. The number of anilines is 2. The largest absolute Gasteiger partial charge is 0.324 e. The van der Waals surface area contributed by atoms with E-state index in [-0.39, 0.29) is 0 Å². The Hall–Kier alpha value is -1.61. The molecule has 1 aromatic carbocycles. The third-order valence-electron chi connectivity index (χ3n) is 2.76. The van der Waals surface area contributed by atoms with Gasteiger partial charge in [-0.2, -0.15) is 0 Å². The molecule has 0 fully saturated rings. The van der Waals surface area contributed by atoms with E-state index in [1.165, 1.54) is 11.3 Å². The molecule has 4 heteroatoms. The maximum Gasteiger partial charge on any atom is 0.153 e. The van der Waals surface area contributed by atoms with Crippen LogP contribution in [0.4, 0.5) is 11.5 Å². The van der Waals surface area contributed by atoms with E-state index in [0.717, 1.165) is 18.8 Å². The van der Waals surface area contributed by atoms with E-state index in [4.69, 9.17) is 11.6 Å². The van der Waals surface area contributed by atoms with Gasteiger partial charge in [0.15, 0.2) is 5.82 Å². The second-order valence-corrected chi connectivity index (χ2v) is 4.12. The van der Waals surface area contributed by atoms with Crippen LogP contribution >= 0.6 is 11.6 Å². The molecule has 0 radical (unpaired) electrons. The Balaban J connectivity index is 2.05. The molecule has 0 aliphatic carbocycles. The number of hydrogen-bond donors (Lipinski definition) is 0. The van der Waals surface area contributed by atoms with E-state index >= 15 is 0 Å². The monoisotopic (exact) mass is 231 g/mol. The topological polar surface area (TPSA) is 29.0 Å². The summed E-state index contributed by atoms with van der Waals surface area (Å²) in [6.07, 6.45) is 4.34. The van der Waals surface area contributed by atoms with Gasteiger partial charge in [0, 0.05) is 12.2 Å². The highest BCUT2D eigenvalue weighted by Crippen LogP contribution is 2.32.